The lowest BCUT2D eigenvalue weighted by Crippen LogP contribution is -2.15. The summed E-state index contributed by atoms with van der Waals surface area (Å²) in [6, 6.07) is 9.90. The summed E-state index contributed by atoms with van der Waals surface area (Å²) < 4.78 is 36.3. The molecule has 30 heavy (non-hydrogen) atoms. The summed E-state index contributed by atoms with van der Waals surface area (Å²) in [7, 11) is -3.83. The maximum Gasteiger partial charge on any atom is 0.272 e. The molecule has 0 unspecified atom stereocenters. The Hall–Kier alpha value is -3.21. The van der Waals surface area contributed by atoms with Crippen molar-refractivity contribution >= 4 is 43.6 Å². The molecule has 0 fully saturated rings. The van der Waals surface area contributed by atoms with Gasteiger partial charge < -0.3 is 14.0 Å². The average molecular weight is 444 g/mol. The molecule has 2 N–H and O–H groups in total. The van der Waals surface area contributed by atoms with E-state index < -0.39 is 15.9 Å². The summed E-state index contributed by atoms with van der Waals surface area (Å²) in [5.74, 6) is 0.835. The molecular weight excluding hydrogens is 426 g/mol. The number of allylic oxidation sites excluding steroid dienone is 1. The van der Waals surface area contributed by atoms with Crippen molar-refractivity contribution in [1.82, 2.24) is 4.57 Å². The lowest BCUT2D eigenvalue weighted by atomic mass is 10.2. The topological polar surface area (TPSA) is 113 Å². The Morgan fingerprint density at radius 3 is 2.80 bits per heavy atom. The number of benzene rings is 2. The number of carbonyl (C=O) groups excluding carboxylic acids is 1. The highest BCUT2D eigenvalue weighted by Crippen LogP contribution is 2.32. The van der Waals surface area contributed by atoms with Crippen LogP contribution in [0.4, 0.5) is 0 Å². The summed E-state index contributed by atoms with van der Waals surface area (Å²) in [5.41, 5.74) is 1.51. The monoisotopic (exact) mass is 443 g/mol. The molecule has 0 saturated carbocycles. The Bertz CT molecular complexity index is 1370. The fraction of sp³-hybridized carbons (Fsp3) is 0.100. The van der Waals surface area contributed by atoms with Crippen LogP contribution in [-0.2, 0) is 21.4 Å². The fourth-order valence-electron chi connectivity index (χ4n) is 2.94. The van der Waals surface area contributed by atoms with E-state index in [0.29, 0.717) is 27.5 Å². The summed E-state index contributed by atoms with van der Waals surface area (Å²) in [6.07, 6.45) is 4.67. The molecule has 8 nitrogen and oxygen atoms in total. The zero-order chi connectivity index (χ0) is 21.3. The van der Waals surface area contributed by atoms with E-state index in [0.717, 1.165) is 11.1 Å². The second kappa shape index (κ2) is 7.90. The van der Waals surface area contributed by atoms with Crippen molar-refractivity contribution in [2.75, 3.05) is 6.79 Å². The Morgan fingerprint density at radius 2 is 2.03 bits per heavy atom. The quantitative estimate of drug-likeness (QED) is 0.481. The molecule has 0 radical (unpaired) electrons. The molecule has 3 aromatic rings. The number of nitrogens with two attached hydrogens (primary N) is 1. The van der Waals surface area contributed by atoms with E-state index in [9.17, 15) is 13.2 Å². The van der Waals surface area contributed by atoms with Crippen LogP contribution in [0.2, 0.25) is 0 Å². The Morgan fingerprint density at radius 1 is 1.23 bits per heavy atom. The second-order valence-electron chi connectivity index (χ2n) is 6.35. The molecule has 2 heterocycles. The highest BCUT2D eigenvalue weighted by molar-refractivity contribution is 7.89. The van der Waals surface area contributed by atoms with Crippen LogP contribution in [0.15, 0.2) is 65.0 Å². The molecule has 4 rings (SSSR count). The van der Waals surface area contributed by atoms with Crippen molar-refractivity contribution in [2.45, 2.75) is 11.4 Å². The number of nitrogens with zero attached hydrogens (tertiary/aromatic N) is 2. The maximum absolute atomic E-state index is 12.4. The number of fused-ring (bicyclic) bond motifs is 2. The number of carbonyl (C=O) groups is 1. The van der Waals surface area contributed by atoms with Crippen LogP contribution in [0.3, 0.4) is 0 Å². The van der Waals surface area contributed by atoms with E-state index in [4.69, 9.17) is 14.6 Å². The number of thiazole rings is 1. The van der Waals surface area contributed by atoms with Gasteiger partial charge in [-0.1, -0.05) is 23.5 Å². The predicted octanol–water partition coefficient (Wildman–Crippen LogP) is 2.41. The number of aromatic nitrogens is 1. The number of hydrogen-bond donors (Lipinski definition) is 1. The van der Waals surface area contributed by atoms with Gasteiger partial charge in [0, 0.05) is 12.6 Å². The smallest absolute Gasteiger partial charge is 0.272 e. The number of primary sulfonamides is 1. The molecule has 1 aliphatic rings. The van der Waals surface area contributed by atoms with Gasteiger partial charge in [-0.05, 0) is 42.0 Å². The molecule has 1 aliphatic heterocycles. The molecule has 0 aliphatic carbocycles. The van der Waals surface area contributed by atoms with Gasteiger partial charge in [0.15, 0.2) is 16.3 Å². The molecule has 0 saturated heterocycles. The van der Waals surface area contributed by atoms with Crippen LogP contribution in [0.25, 0.3) is 16.3 Å². The SMILES string of the molecule is C=CCn1c(=NC(=O)C=Cc2ccc3c(c2)OCO3)sc2cc(S(N)(=O)=O)ccc21. The first-order valence-electron chi connectivity index (χ1n) is 8.79. The van der Waals surface area contributed by atoms with Crippen LogP contribution in [-0.4, -0.2) is 25.7 Å². The average Bonchev–Trinajstić information content (AvgIpc) is 3.30. The third kappa shape index (κ3) is 4.06. The van der Waals surface area contributed by atoms with Gasteiger partial charge in [0.05, 0.1) is 15.1 Å². The number of rotatable bonds is 5. The molecule has 0 bridgehead atoms. The van der Waals surface area contributed by atoms with Gasteiger partial charge in [0.1, 0.15) is 0 Å². The molecule has 1 amide bonds. The maximum atomic E-state index is 12.4. The van der Waals surface area contributed by atoms with Crippen molar-refractivity contribution in [3.8, 4) is 11.5 Å². The lowest BCUT2D eigenvalue weighted by molar-refractivity contribution is -0.113. The van der Waals surface area contributed by atoms with Crippen molar-refractivity contribution in [3.63, 3.8) is 0 Å². The van der Waals surface area contributed by atoms with E-state index >= 15 is 0 Å². The summed E-state index contributed by atoms with van der Waals surface area (Å²) in [4.78, 5) is 17.0. The number of hydrogen-bond acceptors (Lipinski definition) is 6. The molecule has 2 aromatic carbocycles. The van der Waals surface area contributed by atoms with Gasteiger partial charge in [-0.15, -0.1) is 6.58 Å². The lowest BCUT2D eigenvalue weighted by Gasteiger charge is -2.02. The first-order valence-corrected chi connectivity index (χ1v) is 11.1. The zero-order valence-electron chi connectivity index (χ0n) is 15.6. The normalized spacial score (nSPS) is 14.0. The minimum Gasteiger partial charge on any atom is -0.454 e. The van der Waals surface area contributed by atoms with E-state index in [1.165, 1.54) is 29.5 Å². The third-order valence-corrected chi connectivity index (χ3v) is 6.27. The molecule has 0 spiro atoms. The first-order chi connectivity index (χ1) is 14.3. The minimum atomic E-state index is -3.83. The summed E-state index contributed by atoms with van der Waals surface area (Å²) in [6.45, 7) is 4.32. The van der Waals surface area contributed by atoms with Gasteiger partial charge in [0.25, 0.3) is 5.91 Å². The first kappa shape index (κ1) is 20.1. The van der Waals surface area contributed by atoms with Crippen LogP contribution in [0.1, 0.15) is 5.56 Å². The number of sulfonamides is 1. The molecule has 154 valence electrons. The molecule has 1 aromatic heterocycles. The van der Waals surface area contributed by atoms with Gasteiger partial charge in [-0.2, -0.15) is 4.99 Å². The molecular formula is C20H17N3O5S2. The van der Waals surface area contributed by atoms with Crippen LogP contribution in [0.5, 0.6) is 11.5 Å². The second-order valence-corrected chi connectivity index (χ2v) is 8.93. The number of ether oxygens (including phenoxy) is 2. The Kier molecular flexibility index (Phi) is 5.29. The summed E-state index contributed by atoms with van der Waals surface area (Å²) in [5, 5.41) is 5.21. The van der Waals surface area contributed by atoms with Gasteiger partial charge in [-0.25, -0.2) is 13.6 Å². The van der Waals surface area contributed by atoms with Crippen molar-refractivity contribution in [2.24, 2.45) is 10.1 Å². The van der Waals surface area contributed by atoms with Gasteiger partial charge in [-0.3, -0.25) is 4.79 Å². The Balaban J connectivity index is 1.69. The predicted molar refractivity (Wildman–Crippen MR) is 114 cm³/mol. The number of amides is 1. The van der Waals surface area contributed by atoms with Gasteiger partial charge in [0.2, 0.25) is 16.8 Å². The molecule has 10 heteroatoms. The molecule has 0 atom stereocenters. The van der Waals surface area contributed by atoms with Crippen molar-refractivity contribution < 1.29 is 22.7 Å². The minimum absolute atomic E-state index is 0.00239. The Labute approximate surface area is 176 Å². The van der Waals surface area contributed by atoms with Gasteiger partial charge >= 0.3 is 0 Å². The van der Waals surface area contributed by atoms with Crippen molar-refractivity contribution in [3.05, 3.63) is 65.5 Å². The zero-order valence-corrected chi connectivity index (χ0v) is 17.3. The van der Waals surface area contributed by atoms with E-state index in [1.807, 2.05) is 6.07 Å². The largest absolute Gasteiger partial charge is 0.454 e. The van der Waals surface area contributed by atoms with E-state index in [2.05, 4.69) is 11.6 Å². The van der Waals surface area contributed by atoms with Crippen LogP contribution >= 0.6 is 11.3 Å². The van der Waals surface area contributed by atoms with Crippen LogP contribution < -0.4 is 19.4 Å². The highest BCUT2D eigenvalue weighted by Gasteiger charge is 2.13. The van der Waals surface area contributed by atoms with E-state index in [-0.39, 0.29) is 11.7 Å². The van der Waals surface area contributed by atoms with Crippen LogP contribution in [0, 0.1) is 0 Å². The summed E-state index contributed by atoms with van der Waals surface area (Å²) >= 11 is 1.20. The highest BCUT2D eigenvalue weighted by atomic mass is 32.2. The fourth-order valence-corrected chi connectivity index (χ4v) is 4.64. The van der Waals surface area contributed by atoms with E-state index in [1.54, 1.807) is 34.9 Å². The standard InChI is InChI=1S/C20H17N3O5S2/c1-2-9-23-15-6-5-14(30(21,25)26)11-18(15)29-20(23)22-19(24)8-4-13-3-7-16-17(10-13)28-12-27-16/h2-8,10-11H,1,9,12H2,(H2,21,25,26). The third-order valence-electron chi connectivity index (χ3n) is 4.32. The van der Waals surface area contributed by atoms with Crippen molar-refractivity contribution in [1.29, 1.82) is 0 Å².